The summed E-state index contributed by atoms with van der Waals surface area (Å²) in [6, 6.07) is 16.6. The van der Waals surface area contributed by atoms with Gasteiger partial charge in [-0.2, -0.15) is 18.6 Å². The fourth-order valence-corrected chi connectivity index (χ4v) is 2.25. The third-order valence-corrected chi connectivity index (χ3v) is 3.19. The molecule has 97 valence electrons. The van der Waals surface area contributed by atoms with Gasteiger partial charge in [0.05, 0.1) is 0 Å². The van der Waals surface area contributed by atoms with Crippen LogP contribution in [-0.4, -0.2) is 4.98 Å². The number of aromatic nitrogens is 1. The van der Waals surface area contributed by atoms with Crippen LogP contribution < -0.4 is 0 Å². The molecule has 1 nitrogen and oxygen atoms in total. The van der Waals surface area contributed by atoms with Crippen molar-refractivity contribution < 1.29 is 20.1 Å². The van der Waals surface area contributed by atoms with Crippen molar-refractivity contribution in [3.8, 4) is 11.3 Å². The molecule has 1 radical (unpaired) electrons. The second-order valence-corrected chi connectivity index (χ2v) is 4.54. The van der Waals surface area contributed by atoms with E-state index in [1.54, 1.807) is 0 Å². The maximum Gasteiger partial charge on any atom is 0.0268 e. The van der Waals surface area contributed by atoms with Crippen molar-refractivity contribution in [3.63, 3.8) is 0 Å². The normalized spacial score (nSPS) is 10.2. The molecule has 0 amide bonds. The molecule has 0 bridgehead atoms. The van der Waals surface area contributed by atoms with Gasteiger partial charge in [0.2, 0.25) is 0 Å². The molecule has 19 heavy (non-hydrogen) atoms. The van der Waals surface area contributed by atoms with E-state index >= 15 is 0 Å². The van der Waals surface area contributed by atoms with Crippen molar-refractivity contribution in [1.29, 1.82) is 0 Å². The molecule has 0 saturated carbocycles. The Balaban J connectivity index is 0.00000133. The predicted octanol–water partition coefficient (Wildman–Crippen LogP) is 4.39. The van der Waals surface area contributed by atoms with Crippen LogP contribution in [0.5, 0.6) is 0 Å². The van der Waals surface area contributed by atoms with Gasteiger partial charge in [-0.1, -0.05) is 29.8 Å². The van der Waals surface area contributed by atoms with E-state index in [1.807, 2.05) is 30.5 Å². The first-order chi connectivity index (χ1) is 8.75. The first kappa shape index (κ1) is 13.8. The Labute approximate surface area is 127 Å². The number of aryl methyl sites for hydroxylation is 1. The van der Waals surface area contributed by atoms with Gasteiger partial charge >= 0.3 is 0 Å². The summed E-state index contributed by atoms with van der Waals surface area (Å²) in [7, 11) is 0. The maximum atomic E-state index is 4.54. The third-order valence-electron chi connectivity index (χ3n) is 3.19. The molecule has 3 aromatic rings. The maximum absolute atomic E-state index is 4.54. The molecule has 0 unspecified atom stereocenters. The molecule has 0 spiro atoms. The van der Waals surface area contributed by atoms with Crippen molar-refractivity contribution in [2.45, 2.75) is 6.92 Å². The molecule has 0 aliphatic rings. The Morgan fingerprint density at radius 1 is 1.00 bits per heavy atom. The average molecular weight is 425 g/mol. The summed E-state index contributed by atoms with van der Waals surface area (Å²) < 4.78 is 0. The van der Waals surface area contributed by atoms with E-state index in [0.717, 1.165) is 16.8 Å². The fraction of sp³-hybridized carbons (Fsp3) is 0.0588. The zero-order chi connectivity index (χ0) is 12.5. The fourth-order valence-electron chi connectivity index (χ4n) is 2.25. The number of nitrogens with zero attached hydrogens (tertiary/aromatic N) is 1. The topological polar surface area (TPSA) is 12.9 Å². The van der Waals surface area contributed by atoms with E-state index in [9.17, 15) is 0 Å². The molecule has 3 rings (SSSR count). The van der Waals surface area contributed by atoms with Crippen LogP contribution in [0.15, 0.2) is 54.7 Å². The van der Waals surface area contributed by atoms with Gasteiger partial charge in [0.1, 0.15) is 0 Å². The quantitative estimate of drug-likeness (QED) is 0.528. The van der Waals surface area contributed by atoms with E-state index in [4.69, 9.17) is 0 Å². The Morgan fingerprint density at radius 3 is 2.63 bits per heavy atom. The average Bonchev–Trinajstić information content (AvgIpc) is 2.41. The molecule has 0 fully saturated rings. The van der Waals surface area contributed by atoms with E-state index < -0.39 is 0 Å². The molecular weight excluding hydrogens is 410 g/mol. The Morgan fingerprint density at radius 2 is 1.79 bits per heavy atom. The first-order valence-corrected chi connectivity index (χ1v) is 6.02. The molecule has 1 aromatic heterocycles. The minimum atomic E-state index is 0. The Hall–Kier alpha value is -1.63. The number of pyridine rings is 1. The van der Waals surface area contributed by atoms with Crippen LogP contribution in [0.25, 0.3) is 22.0 Å². The van der Waals surface area contributed by atoms with Crippen LogP contribution in [-0.2, 0) is 20.1 Å². The summed E-state index contributed by atoms with van der Waals surface area (Å²) in [6.45, 7) is 6.20. The van der Waals surface area contributed by atoms with E-state index in [1.165, 1.54) is 16.3 Å². The summed E-state index contributed by atoms with van der Waals surface area (Å²) in [5, 5.41) is 2.39. The monoisotopic (exact) mass is 425 g/mol. The number of fused-ring (bicyclic) bond motifs is 1. The standard InChI is InChI=1S/C17H14N.Ir/c1-12-7-8-13(2)16(11-12)17-15-6-4-3-5-14(15)9-10-18-17;/h3-11H,2H2,1H3;/q-1;. The van der Waals surface area contributed by atoms with Crippen molar-refractivity contribution in [3.05, 3.63) is 72.8 Å². The van der Waals surface area contributed by atoms with E-state index in [2.05, 4.69) is 43.1 Å². The van der Waals surface area contributed by atoms with E-state index in [-0.39, 0.29) is 20.1 Å². The van der Waals surface area contributed by atoms with Gasteiger partial charge in [-0.25, -0.2) is 0 Å². The molecule has 1 heterocycles. The summed E-state index contributed by atoms with van der Waals surface area (Å²) in [5.41, 5.74) is 4.38. The molecular formula is C17H14IrN-. The largest absolute Gasteiger partial charge is 0.269 e. The van der Waals surface area contributed by atoms with Crippen LogP contribution in [0.4, 0.5) is 0 Å². The van der Waals surface area contributed by atoms with Crippen LogP contribution in [0.1, 0.15) is 11.1 Å². The SMILES string of the molecule is [CH2-]c1ccc(C)cc1-c1nccc2ccccc12.[Ir]. The zero-order valence-electron chi connectivity index (χ0n) is 10.7. The van der Waals surface area contributed by atoms with Crippen LogP contribution in [0.3, 0.4) is 0 Å². The molecule has 0 aliphatic heterocycles. The van der Waals surface area contributed by atoms with E-state index in [0.29, 0.717) is 0 Å². The van der Waals surface area contributed by atoms with Gasteiger partial charge in [-0.3, -0.25) is 4.98 Å². The van der Waals surface area contributed by atoms with Crippen molar-refractivity contribution in [2.24, 2.45) is 0 Å². The number of rotatable bonds is 1. The molecule has 0 saturated heterocycles. The van der Waals surface area contributed by atoms with Gasteiger partial charge in [0, 0.05) is 32.0 Å². The van der Waals surface area contributed by atoms with Gasteiger partial charge in [-0.15, -0.1) is 17.7 Å². The van der Waals surface area contributed by atoms with Gasteiger partial charge in [-0.05, 0) is 23.8 Å². The predicted molar refractivity (Wildman–Crippen MR) is 76.4 cm³/mol. The summed E-state index contributed by atoms with van der Waals surface area (Å²) >= 11 is 0. The minimum absolute atomic E-state index is 0. The summed E-state index contributed by atoms with van der Waals surface area (Å²) in [6.07, 6.45) is 1.86. The first-order valence-electron chi connectivity index (χ1n) is 6.02. The van der Waals surface area contributed by atoms with Gasteiger partial charge < -0.3 is 0 Å². The second kappa shape index (κ2) is 5.56. The Bertz CT molecular complexity index is 714. The van der Waals surface area contributed by atoms with Crippen LogP contribution in [0.2, 0.25) is 0 Å². The molecule has 2 aromatic carbocycles. The van der Waals surface area contributed by atoms with Gasteiger partial charge in [0.15, 0.2) is 0 Å². The zero-order valence-corrected chi connectivity index (χ0v) is 13.1. The summed E-state index contributed by atoms with van der Waals surface area (Å²) in [5.74, 6) is 0. The molecule has 2 heteroatoms. The number of hydrogen-bond acceptors (Lipinski definition) is 1. The smallest absolute Gasteiger partial charge is 0.0268 e. The minimum Gasteiger partial charge on any atom is -0.269 e. The van der Waals surface area contributed by atoms with Crippen LogP contribution >= 0.6 is 0 Å². The third kappa shape index (κ3) is 2.56. The van der Waals surface area contributed by atoms with Crippen LogP contribution in [0, 0.1) is 13.8 Å². The van der Waals surface area contributed by atoms with Crippen molar-refractivity contribution in [2.75, 3.05) is 0 Å². The second-order valence-electron chi connectivity index (χ2n) is 4.54. The number of hydrogen-bond donors (Lipinski definition) is 0. The molecule has 0 aliphatic carbocycles. The van der Waals surface area contributed by atoms with Crippen molar-refractivity contribution >= 4 is 10.8 Å². The Kier molecular flexibility index (Phi) is 4.04. The van der Waals surface area contributed by atoms with Crippen molar-refractivity contribution in [1.82, 2.24) is 4.98 Å². The van der Waals surface area contributed by atoms with Gasteiger partial charge in [0.25, 0.3) is 0 Å². The molecule has 0 atom stereocenters. The summed E-state index contributed by atoms with van der Waals surface area (Å²) in [4.78, 5) is 4.54. The number of benzene rings is 2. The molecule has 0 N–H and O–H groups in total.